The fourth-order valence-electron chi connectivity index (χ4n) is 4.06. The number of hydrogen-bond donors (Lipinski definition) is 0. The molecule has 5 aromatic rings. The summed E-state index contributed by atoms with van der Waals surface area (Å²) >= 11 is 1.91. The Balaban J connectivity index is 2.09. The van der Waals surface area contributed by atoms with Crippen molar-refractivity contribution >= 4 is 53.4 Å². The molecule has 0 radical (unpaired) electrons. The van der Waals surface area contributed by atoms with E-state index in [0.29, 0.717) is 0 Å². The molecule has 0 amide bonds. The van der Waals surface area contributed by atoms with Gasteiger partial charge in [-0.2, -0.15) is 4.57 Å². The molecule has 0 aliphatic carbocycles. The molecule has 3 aromatic heterocycles. The van der Waals surface area contributed by atoms with Gasteiger partial charge in [0.15, 0.2) is 6.20 Å². The highest BCUT2D eigenvalue weighted by atomic mass is 32.1. The summed E-state index contributed by atoms with van der Waals surface area (Å²) in [5.74, 6) is 1.08. The summed E-state index contributed by atoms with van der Waals surface area (Å²) in [7, 11) is 0. The zero-order valence-corrected chi connectivity index (χ0v) is 13.7. The number of benzene rings is 2. The van der Waals surface area contributed by atoms with Gasteiger partial charge in [-0.05, 0) is 36.9 Å². The summed E-state index contributed by atoms with van der Waals surface area (Å²) in [6, 6.07) is 11.1. The summed E-state index contributed by atoms with van der Waals surface area (Å²) in [5.41, 5.74) is 5.13. The molecule has 0 saturated carbocycles. The first kappa shape index (κ1) is 12.0. The molecule has 1 aliphatic rings. The van der Waals surface area contributed by atoms with Crippen LogP contribution in [0.3, 0.4) is 0 Å². The van der Waals surface area contributed by atoms with Crippen molar-refractivity contribution in [2.24, 2.45) is 0 Å². The van der Waals surface area contributed by atoms with Crippen LogP contribution in [0.5, 0.6) is 0 Å². The Kier molecular flexibility index (Phi) is 1.94. The number of pyridine rings is 1. The summed E-state index contributed by atoms with van der Waals surface area (Å²) in [5, 5.41) is 4.07. The van der Waals surface area contributed by atoms with E-state index in [2.05, 4.69) is 59.5 Å². The first-order valence-electron chi connectivity index (χ1n) is 7.86. The number of thiophene rings is 1. The van der Waals surface area contributed by atoms with Crippen molar-refractivity contribution in [3.05, 3.63) is 47.9 Å². The number of aryl methyl sites for hydroxylation is 2. The van der Waals surface area contributed by atoms with Gasteiger partial charge in [-0.25, -0.2) is 4.98 Å². The lowest BCUT2D eigenvalue weighted by Crippen LogP contribution is -2.37. The highest BCUT2D eigenvalue weighted by Crippen LogP contribution is 2.41. The topological polar surface area (TPSA) is 21.7 Å². The lowest BCUT2D eigenvalue weighted by molar-refractivity contribution is -0.674. The molecule has 0 bridgehead atoms. The standard InChI is InChI=1S/C19H14N3S/c1-10-7-8-21-9-22-11(2)20-13-5-3-12-4-6-14-16(15(12)17(13)22)18(21)19(10)23-14/h3-8H,9H2,1-2H3/q+1. The van der Waals surface area contributed by atoms with Crippen LogP contribution in [0.2, 0.25) is 0 Å². The molecule has 110 valence electrons. The fraction of sp³-hybridized carbons (Fsp3) is 0.158. The average Bonchev–Trinajstić information content (AvgIpc) is 3.03. The minimum absolute atomic E-state index is 0.832. The van der Waals surface area contributed by atoms with Crippen molar-refractivity contribution in [3.63, 3.8) is 0 Å². The Morgan fingerprint density at radius 1 is 1.09 bits per heavy atom. The van der Waals surface area contributed by atoms with E-state index in [-0.39, 0.29) is 0 Å². The summed E-state index contributed by atoms with van der Waals surface area (Å²) < 4.78 is 7.52. The fourth-order valence-corrected chi connectivity index (χ4v) is 5.26. The van der Waals surface area contributed by atoms with Gasteiger partial charge >= 0.3 is 0 Å². The maximum Gasteiger partial charge on any atom is 0.233 e. The van der Waals surface area contributed by atoms with E-state index in [0.717, 1.165) is 18.0 Å². The molecule has 0 unspecified atom stereocenters. The predicted octanol–water partition coefficient (Wildman–Crippen LogP) is 4.28. The van der Waals surface area contributed by atoms with E-state index in [9.17, 15) is 0 Å². The molecule has 1 aliphatic heterocycles. The molecule has 0 spiro atoms. The van der Waals surface area contributed by atoms with Gasteiger partial charge in [0.2, 0.25) is 12.2 Å². The Morgan fingerprint density at radius 2 is 1.96 bits per heavy atom. The van der Waals surface area contributed by atoms with E-state index in [1.165, 1.54) is 42.2 Å². The van der Waals surface area contributed by atoms with Crippen molar-refractivity contribution in [3.8, 4) is 0 Å². The van der Waals surface area contributed by atoms with Crippen molar-refractivity contribution in [1.82, 2.24) is 9.55 Å². The van der Waals surface area contributed by atoms with Crippen LogP contribution < -0.4 is 4.57 Å². The molecule has 6 rings (SSSR count). The first-order chi connectivity index (χ1) is 11.2. The molecule has 0 fully saturated rings. The maximum atomic E-state index is 4.79. The quantitative estimate of drug-likeness (QED) is 0.383. The Hall–Kier alpha value is -2.46. The van der Waals surface area contributed by atoms with Gasteiger partial charge in [-0.3, -0.25) is 4.57 Å². The van der Waals surface area contributed by atoms with Crippen LogP contribution in [0.1, 0.15) is 11.4 Å². The number of hydrogen-bond acceptors (Lipinski definition) is 2. The molecule has 0 N–H and O–H groups in total. The maximum absolute atomic E-state index is 4.79. The minimum Gasteiger partial charge on any atom is -0.270 e. The molecule has 3 nitrogen and oxygen atoms in total. The van der Waals surface area contributed by atoms with Gasteiger partial charge in [0.05, 0.1) is 16.4 Å². The molecular weight excluding hydrogens is 302 g/mol. The normalized spacial score (nSPS) is 13.5. The van der Waals surface area contributed by atoms with Crippen LogP contribution in [-0.4, -0.2) is 9.55 Å². The van der Waals surface area contributed by atoms with Crippen LogP contribution in [0.4, 0.5) is 0 Å². The van der Waals surface area contributed by atoms with Gasteiger partial charge in [0.25, 0.3) is 0 Å². The summed E-state index contributed by atoms with van der Waals surface area (Å²) in [4.78, 5) is 4.79. The molecular formula is C19H14N3S+. The molecule has 0 atom stereocenters. The van der Waals surface area contributed by atoms with Gasteiger partial charge in [0, 0.05) is 16.2 Å². The third-order valence-corrected chi connectivity index (χ3v) is 6.43. The van der Waals surface area contributed by atoms with Crippen LogP contribution in [0, 0.1) is 13.8 Å². The summed E-state index contributed by atoms with van der Waals surface area (Å²) in [6.45, 7) is 5.15. The van der Waals surface area contributed by atoms with E-state index < -0.39 is 0 Å². The number of aromatic nitrogens is 3. The van der Waals surface area contributed by atoms with Gasteiger partial charge in [-0.15, -0.1) is 11.3 Å². The minimum atomic E-state index is 0.832. The van der Waals surface area contributed by atoms with Gasteiger partial charge in [0.1, 0.15) is 10.5 Å². The monoisotopic (exact) mass is 316 g/mol. The second kappa shape index (κ2) is 3.71. The van der Waals surface area contributed by atoms with Gasteiger partial charge in [-0.1, -0.05) is 12.1 Å². The zero-order chi connectivity index (χ0) is 15.3. The lowest BCUT2D eigenvalue weighted by atomic mass is 10.0. The Bertz CT molecular complexity index is 1310. The van der Waals surface area contributed by atoms with E-state index >= 15 is 0 Å². The molecule has 0 saturated heterocycles. The van der Waals surface area contributed by atoms with Crippen LogP contribution >= 0.6 is 11.3 Å². The predicted molar refractivity (Wildman–Crippen MR) is 95.2 cm³/mol. The Morgan fingerprint density at radius 3 is 2.87 bits per heavy atom. The van der Waals surface area contributed by atoms with E-state index in [1.54, 1.807) is 0 Å². The van der Waals surface area contributed by atoms with Crippen molar-refractivity contribution in [2.45, 2.75) is 20.5 Å². The lowest BCUT2D eigenvalue weighted by Gasteiger charge is -2.04. The Labute approximate surface area is 136 Å². The van der Waals surface area contributed by atoms with Crippen molar-refractivity contribution < 1.29 is 4.57 Å². The van der Waals surface area contributed by atoms with E-state index in [1.807, 2.05) is 11.3 Å². The molecule has 4 heteroatoms. The van der Waals surface area contributed by atoms with Crippen LogP contribution in [0.15, 0.2) is 36.5 Å². The van der Waals surface area contributed by atoms with Crippen molar-refractivity contribution in [2.75, 3.05) is 0 Å². The first-order valence-corrected chi connectivity index (χ1v) is 8.68. The highest BCUT2D eigenvalue weighted by molar-refractivity contribution is 7.26. The SMILES string of the molecule is Cc1cc[n+]2c3c1sc1ccc4ccc5nc(C)n(c5c4c13)C2. The largest absolute Gasteiger partial charge is 0.270 e. The van der Waals surface area contributed by atoms with Crippen LogP contribution in [-0.2, 0) is 6.67 Å². The average molecular weight is 316 g/mol. The van der Waals surface area contributed by atoms with Crippen LogP contribution in [0.25, 0.3) is 42.1 Å². The zero-order valence-electron chi connectivity index (χ0n) is 12.9. The van der Waals surface area contributed by atoms with E-state index in [4.69, 9.17) is 4.98 Å². The number of rotatable bonds is 0. The third-order valence-electron chi connectivity index (χ3n) is 5.15. The summed E-state index contributed by atoms with van der Waals surface area (Å²) in [6.07, 6.45) is 2.22. The van der Waals surface area contributed by atoms with Gasteiger partial charge < -0.3 is 0 Å². The second-order valence-corrected chi connectivity index (χ2v) is 7.50. The molecule has 2 aromatic carbocycles. The number of imidazole rings is 1. The second-order valence-electron chi connectivity index (χ2n) is 6.45. The smallest absolute Gasteiger partial charge is 0.233 e. The molecule has 4 heterocycles. The number of nitrogens with zero attached hydrogens (tertiary/aromatic N) is 3. The highest BCUT2D eigenvalue weighted by Gasteiger charge is 2.26. The third kappa shape index (κ3) is 1.28. The van der Waals surface area contributed by atoms with Crippen molar-refractivity contribution in [1.29, 1.82) is 0 Å². The molecule has 23 heavy (non-hydrogen) atoms.